The van der Waals surface area contributed by atoms with Crippen LogP contribution in [0, 0.1) is 0 Å². The second-order valence-electron chi connectivity index (χ2n) is 6.57. The number of ether oxygens (including phenoxy) is 1. The second kappa shape index (κ2) is 6.47. The first-order valence-electron chi connectivity index (χ1n) is 8.41. The van der Waals surface area contributed by atoms with Crippen LogP contribution in [0.1, 0.15) is 50.2 Å². The normalized spacial score (nSPS) is 24.2. The summed E-state index contributed by atoms with van der Waals surface area (Å²) in [5.74, 6) is 0. The number of benzene rings is 1. The Morgan fingerprint density at radius 1 is 1.29 bits per heavy atom. The Morgan fingerprint density at radius 3 is 2.67 bits per heavy atom. The van der Waals surface area contributed by atoms with Gasteiger partial charge in [-0.3, -0.25) is 4.90 Å². The molecule has 0 bridgehead atoms. The van der Waals surface area contributed by atoms with Gasteiger partial charge >= 0.3 is 0 Å². The molecule has 3 rings (SSSR count). The summed E-state index contributed by atoms with van der Waals surface area (Å²) in [6.45, 7) is 5.95. The Morgan fingerprint density at radius 2 is 2.05 bits per heavy atom. The van der Waals surface area contributed by atoms with Crippen LogP contribution in [0.15, 0.2) is 24.3 Å². The molecule has 1 heterocycles. The molecule has 0 aromatic heterocycles. The number of hydrogen-bond acceptors (Lipinski definition) is 3. The first-order valence-corrected chi connectivity index (χ1v) is 8.41. The van der Waals surface area contributed by atoms with Crippen molar-refractivity contribution in [1.82, 2.24) is 4.90 Å². The van der Waals surface area contributed by atoms with E-state index in [1.807, 2.05) is 0 Å². The lowest BCUT2D eigenvalue weighted by Crippen LogP contribution is -2.51. The Balaban J connectivity index is 1.69. The van der Waals surface area contributed by atoms with Gasteiger partial charge in [0.2, 0.25) is 0 Å². The van der Waals surface area contributed by atoms with Crippen LogP contribution >= 0.6 is 0 Å². The van der Waals surface area contributed by atoms with Gasteiger partial charge in [0.15, 0.2) is 0 Å². The van der Waals surface area contributed by atoms with E-state index in [1.165, 1.54) is 43.2 Å². The Hall–Kier alpha value is -0.900. The highest BCUT2D eigenvalue weighted by Crippen LogP contribution is 2.43. The maximum Gasteiger partial charge on any atom is 0.0697 e. The van der Waals surface area contributed by atoms with Crippen LogP contribution in [0.3, 0.4) is 0 Å². The number of rotatable bonds is 5. The van der Waals surface area contributed by atoms with Gasteiger partial charge in [0.25, 0.3) is 0 Å². The lowest BCUT2D eigenvalue weighted by Gasteiger charge is -2.49. The van der Waals surface area contributed by atoms with Crippen LogP contribution in [0.5, 0.6) is 0 Å². The maximum atomic E-state index is 6.07. The summed E-state index contributed by atoms with van der Waals surface area (Å²) in [5, 5.41) is 0. The Kier molecular flexibility index (Phi) is 4.63. The molecule has 0 radical (unpaired) electrons. The van der Waals surface area contributed by atoms with Crippen molar-refractivity contribution >= 4 is 0 Å². The minimum Gasteiger partial charge on any atom is -0.375 e. The molecular formula is C18H28N2O. The third-order valence-electron chi connectivity index (χ3n) is 5.37. The number of nitrogens with two attached hydrogens (primary N) is 1. The number of nitrogens with zero attached hydrogens (tertiary/aromatic N) is 1. The second-order valence-corrected chi connectivity index (χ2v) is 6.57. The van der Waals surface area contributed by atoms with E-state index in [4.69, 9.17) is 10.5 Å². The molecule has 1 saturated carbocycles. The SMILES string of the molecule is CCN(Cc1ccccc1CN)C1CCOC2(CCC2)C1. The molecule has 1 aliphatic heterocycles. The molecule has 2 aliphatic rings. The molecule has 1 unspecified atom stereocenters. The van der Waals surface area contributed by atoms with Gasteiger partial charge in [0.1, 0.15) is 0 Å². The summed E-state index contributed by atoms with van der Waals surface area (Å²) in [6.07, 6.45) is 6.25. The van der Waals surface area contributed by atoms with Gasteiger partial charge in [-0.2, -0.15) is 0 Å². The van der Waals surface area contributed by atoms with Gasteiger partial charge in [0, 0.05) is 25.7 Å². The van der Waals surface area contributed by atoms with Crippen molar-refractivity contribution in [3.8, 4) is 0 Å². The van der Waals surface area contributed by atoms with Crippen LogP contribution in [0.2, 0.25) is 0 Å². The van der Waals surface area contributed by atoms with Gasteiger partial charge in [0.05, 0.1) is 5.60 Å². The summed E-state index contributed by atoms with van der Waals surface area (Å²) in [5.41, 5.74) is 8.77. The van der Waals surface area contributed by atoms with Gasteiger partial charge in [-0.05, 0) is 49.8 Å². The predicted octanol–water partition coefficient (Wildman–Crippen LogP) is 3.07. The molecular weight excluding hydrogens is 260 g/mol. The molecule has 1 atom stereocenters. The molecule has 2 N–H and O–H groups in total. The van der Waals surface area contributed by atoms with E-state index >= 15 is 0 Å². The van der Waals surface area contributed by atoms with Crippen LogP contribution in [0.4, 0.5) is 0 Å². The molecule has 3 heteroatoms. The summed E-state index contributed by atoms with van der Waals surface area (Å²) in [7, 11) is 0. The molecule has 2 fully saturated rings. The highest BCUT2D eigenvalue weighted by Gasteiger charge is 2.43. The largest absolute Gasteiger partial charge is 0.375 e. The van der Waals surface area contributed by atoms with Crippen molar-refractivity contribution in [2.24, 2.45) is 5.73 Å². The first-order chi connectivity index (χ1) is 10.3. The maximum absolute atomic E-state index is 6.07. The van der Waals surface area contributed by atoms with E-state index in [2.05, 4.69) is 36.1 Å². The fourth-order valence-corrected chi connectivity index (χ4v) is 3.86. The van der Waals surface area contributed by atoms with E-state index in [1.54, 1.807) is 0 Å². The summed E-state index contributed by atoms with van der Waals surface area (Å²) in [6, 6.07) is 9.25. The molecule has 1 saturated heterocycles. The lowest BCUT2D eigenvalue weighted by atomic mass is 9.73. The minimum atomic E-state index is 0.226. The van der Waals surface area contributed by atoms with Crippen molar-refractivity contribution in [3.05, 3.63) is 35.4 Å². The van der Waals surface area contributed by atoms with Crippen LogP contribution in [-0.4, -0.2) is 29.7 Å². The highest BCUT2D eigenvalue weighted by atomic mass is 16.5. The van der Waals surface area contributed by atoms with Crippen molar-refractivity contribution in [1.29, 1.82) is 0 Å². The van der Waals surface area contributed by atoms with Gasteiger partial charge in [-0.15, -0.1) is 0 Å². The molecule has 0 amide bonds. The van der Waals surface area contributed by atoms with Crippen LogP contribution < -0.4 is 5.73 Å². The fourth-order valence-electron chi connectivity index (χ4n) is 3.86. The van der Waals surface area contributed by atoms with Gasteiger partial charge in [-0.1, -0.05) is 31.2 Å². The van der Waals surface area contributed by atoms with Crippen LogP contribution in [-0.2, 0) is 17.8 Å². The molecule has 1 aromatic carbocycles. The zero-order valence-electron chi connectivity index (χ0n) is 13.2. The Bertz CT molecular complexity index is 470. The predicted molar refractivity (Wildman–Crippen MR) is 86.0 cm³/mol. The van der Waals surface area contributed by atoms with E-state index in [0.717, 1.165) is 19.7 Å². The molecule has 1 spiro atoms. The highest BCUT2D eigenvalue weighted by molar-refractivity contribution is 5.26. The topological polar surface area (TPSA) is 38.5 Å². The first kappa shape index (κ1) is 15.0. The molecule has 1 aromatic rings. The van der Waals surface area contributed by atoms with E-state index in [9.17, 15) is 0 Å². The smallest absolute Gasteiger partial charge is 0.0697 e. The molecule has 3 nitrogen and oxygen atoms in total. The Labute approximate surface area is 128 Å². The lowest BCUT2D eigenvalue weighted by molar-refractivity contribution is -0.149. The van der Waals surface area contributed by atoms with Gasteiger partial charge < -0.3 is 10.5 Å². The zero-order chi connectivity index (χ0) is 14.7. The van der Waals surface area contributed by atoms with E-state index < -0.39 is 0 Å². The summed E-state index contributed by atoms with van der Waals surface area (Å²) in [4.78, 5) is 2.62. The van der Waals surface area contributed by atoms with Crippen LogP contribution in [0.25, 0.3) is 0 Å². The third-order valence-corrected chi connectivity index (χ3v) is 5.37. The van der Waals surface area contributed by atoms with E-state index in [0.29, 0.717) is 12.6 Å². The average molecular weight is 288 g/mol. The van der Waals surface area contributed by atoms with Gasteiger partial charge in [-0.25, -0.2) is 0 Å². The molecule has 116 valence electrons. The molecule has 1 aliphatic carbocycles. The minimum absolute atomic E-state index is 0.226. The van der Waals surface area contributed by atoms with Crippen molar-refractivity contribution < 1.29 is 4.74 Å². The molecule has 21 heavy (non-hydrogen) atoms. The van der Waals surface area contributed by atoms with Crippen molar-refractivity contribution in [2.45, 2.75) is 63.8 Å². The third kappa shape index (κ3) is 3.15. The average Bonchev–Trinajstić information content (AvgIpc) is 2.51. The quantitative estimate of drug-likeness (QED) is 0.905. The van der Waals surface area contributed by atoms with E-state index in [-0.39, 0.29) is 5.60 Å². The summed E-state index contributed by atoms with van der Waals surface area (Å²) < 4.78 is 6.07. The monoisotopic (exact) mass is 288 g/mol. The zero-order valence-corrected chi connectivity index (χ0v) is 13.2. The standard InChI is InChI=1S/C18H28N2O/c1-2-20(14-16-7-4-3-6-15(16)13-19)17-8-11-21-18(12-17)9-5-10-18/h3-4,6-7,17H,2,5,8-14,19H2,1H3. The van der Waals surface area contributed by atoms with Crippen molar-refractivity contribution in [2.75, 3.05) is 13.2 Å². The van der Waals surface area contributed by atoms with Crippen molar-refractivity contribution in [3.63, 3.8) is 0 Å². The fraction of sp³-hybridized carbons (Fsp3) is 0.667. The number of hydrogen-bond donors (Lipinski definition) is 1. The summed E-state index contributed by atoms with van der Waals surface area (Å²) >= 11 is 0.